The molecule has 0 saturated carbocycles. The molecule has 3 aromatic rings. The second kappa shape index (κ2) is 8.12. The molecule has 0 unspecified atom stereocenters. The molecule has 6 rings (SSSR count). The number of morpholine rings is 1. The van der Waals surface area contributed by atoms with Gasteiger partial charge in [-0.25, -0.2) is 0 Å². The zero-order chi connectivity index (χ0) is 23.4. The average molecular weight is 474 g/mol. The fraction of sp³-hybridized carbons (Fsp3) is 0.333. The van der Waals surface area contributed by atoms with Crippen LogP contribution in [-0.4, -0.2) is 54.4 Å². The number of hydrogen-bond acceptors (Lipinski definition) is 5. The molecule has 3 aliphatic heterocycles. The number of thioether (sulfide) groups is 1. The number of hydrogen-bond donors (Lipinski definition) is 0. The molecule has 2 fully saturated rings. The zero-order valence-electron chi connectivity index (χ0n) is 19.3. The van der Waals surface area contributed by atoms with Crippen LogP contribution in [0.25, 0.3) is 10.8 Å². The maximum Gasteiger partial charge on any atom is 0.269 e. The lowest BCUT2D eigenvalue weighted by Gasteiger charge is -2.41. The largest absolute Gasteiger partial charge is 0.378 e. The molecule has 34 heavy (non-hydrogen) atoms. The fourth-order valence-electron chi connectivity index (χ4n) is 5.49. The highest BCUT2D eigenvalue weighted by molar-refractivity contribution is 8.02. The van der Waals surface area contributed by atoms with Gasteiger partial charge in [-0.2, -0.15) is 0 Å². The monoisotopic (exact) mass is 473 g/mol. The lowest BCUT2D eigenvalue weighted by molar-refractivity contribution is -0.124. The molecular formula is C27H27N3O3S. The van der Waals surface area contributed by atoms with E-state index in [1.54, 1.807) is 4.90 Å². The first-order valence-electron chi connectivity index (χ1n) is 11.7. The van der Waals surface area contributed by atoms with E-state index in [1.165, 1.54) is 11.8 Å². The van der Waals surface area contributed by atoms with Crippen molar-refractivity contribution in [3.8, 4) is 0 Å². The third-order valence-electron chi connectivity index (χ3n) is 7.21. The second-order valence-corrected chi connectivity index (χ2v) is 10.5. The number of carbonyl (C=O) groups is 2. The Morgan fingerprint density at radius 3 is 2.44 bits per heavy atom. The summed E-state index contributed by atoms with van der Waals surface area (Å²) < 4.78 is 5.70. The normalized spacial score (nSPS) is 27.2. The average Bonchev–Trinajstić information content (AvgIpc) is 3.31. The molecule has 0 N–H and O–H groups in total. The summed E-state index contributed by atoms with van der Waals surface area (Å²) >= 11 is 1.43. The number of benzene rings is 3. The lowest BCUT2D eigenvalue weighted by atomic mass is 10.0. The number of para-hydroxylation sites is 1. The summed E-state index contributed by atoms with van der Waals surface area (Å²) in [5.74, 6) is 0.174. The number of rotatable bonds is 3. The van der Waals surface area contributed by atoms with E-state index in [1.807, 2.05) is 65.6 Å². The van der Waals surface area contributed by atoms with Crippen molar-refractivity contribution in [2.24, 2.45) is 0 Å². The van der Waals surface area contributed by atoms with Gasteiger partial charge in [0.15, 0.2) is 0 Å². The van der Waals surface area contributed by atoms with Crippen LogP contribution < -0.4 is 9.80 Å². The van der Waals surface area contributed by atoms with Crippen LogP contribution in [0.5, 0.6) is 0 Å². The van der Waals surface area contributed by atoms with Crippen LogP contribution in [0.15, 0.2) is 66.7 Å². The van der Waals surface area contributed by atoms with Crippen molar-refractivity contribution in [1.29, 1.82) is 0 Å². The molecule has 3 aromatic carbocycles. The molecular weight excluding hydrogens is 446 g/mol. The van der Waals surface area contributed by atoms with Gasteiger partial charge in [0.05, 0.1) is 31.3 Å². The quantitative estimate of drug-likeness (QED) is 0.571. The highest BCUT2D eigenvalue weighted by Gasteiger charge is 2.61. The Balaban J connectivity index is 1.45. The van der Waals surface area contributed by atoms with Crippen LogP contribution in [0.2, 0.25) is 0 Å². The van der Waals surface area contributed by atoms with Crippen molar-refractivity contribution in [2.75, 3.05) is 35.4 Å². The predicted octanol–water partition coefficient (Wildman–Crippen LogP) is 4.19. The highest BCUT2D eigenvalue weighted by atomic mass is 32.2. The topological polar surface area (TPSA) is 53.1 Å². The predicted molar refractivity (Wildman–Crippen MR) is 136 cm³/mol. The summed E-state index contributed by atoms with van der Waals surface area (Å²) in [7, 11) is 0. The van der Waals surface area contributed by atoms with Gasteiger partial charge in [0.25, 0.3) is 5.91 Å². The second-order valence-electron chi connectivity index (χ2n) is 9.33. The van der Waals surface area contributed by atoms with Gasteiger partial charge in [-0.3, -0.25) is 24.3 Å². The smallest absolute Gasteiger partial charge is 0.269 e. The van der Waals surface area contributed by atoms with Crippen LogP contribution in [0.4, 0.5) is 11.4 Å². The van der Waals surface area contributed by atoms with Gasteiger partial charge in [0, 0.05) is 23.3 Å². The number of nitrogens with zero attached hydrogens (tertiary/aromatic N) is 3. The summed E-state index contributed by atoms with van der Waals surface area (Å²) in [5.41, 5.74) is 2.52. The Morgan fingerprint density at radius 2 is 1.65 bits per heavy atom. The summed E-state index contributed by atoms with van der Waals surface area (Å²) in [6.45, 7) is 6.04. The van der Waals surface area contributed by atoms with E-state index in [2.05, 4.69) is 24.8 Å². The minimum Gasteiger partial charge on any atom is -0.378 e. The molecule has 0 aromatic heterocycles. The van der Waals surface area contributed by atoms with Crippen molar-refractivity contribution in [3.05, 3.63) is 72.3 Å². The zero-order valence-corrected chi connectivity index (χ0v) is 20.1. The third-order valence-corrected chi connectivity index (χ3v) is 8.60. The number of anilines is 2. The van der Waals surface area contributed by atoms with E-state index in [0.29, 0.717) is 19.9 Å². The lowest BCUT2D eigenvalue weighted by Crippen LogP contribution is -2.56. The molecule has 1 spiro atoms. The number of fused-ring (bicyclic) bond motifs is 3. The highest BCUT2D eigenvalue weighted by Crippen LogP contribution is 2.55. The minimum absolute atomic E-state index is 0.0432. The molecule has 3 atom stereocenters. The van der Waals surface area contributed by atoms with Gasteiger partial charge in [-0.1, -0.05) is 48.5 Å². The third kappa shape index (κ3) is 3.11. The summed E-state index contributed by atoms with van der Waals surface area (Å²) in [6, 6.07) is 22.4. The maximum atomic E-state index is 14.3. The van der Waals surface area contributed by atoms with Crippen LogP contribution in [-0.2, 0) is 19.2 Å². The Kier molecular flexibility index (Phi) is 5.17. The summed E-state index contributed by atoms with van der Waals surface area (Å²) in [4.78, 5) is 32.5. The van der Waals surface area contributed by atoms with Gasteiger partial charge in [0.1, 0.15) is 0 Å². The number of amides is 2. The van der Waals surface area contributed by atoms with E-state index >= 15 is 0 Å². The first-order chi connectivity index (χ1) is 16.5. The van der Waals surface area contributed by atoms with Crippen molar-refractivity contribution >= 4 is 45.7 Å². The summed E-state index contributed by atoms with van der Waals surface area (Å²) in [6.07, 6.45) is 0. The molecule has 6 nitrogen and oxygen atoms in total. The Labute approximate surface area is 203 Å². The molecule has 0 aliphatic carbocycles. The van der Waals surface area contributed by atoms with Crippen LogP contribution in [0.1, 0.15) is 19.4 Å². The van der Waals surface area contributed by atoms with E-state index in [0.717, 1.165) is 27.7 Å². The first-order valence-corrected chi connectivity index (χ1v) is 12.7. The number of ether oxygens (including phenoxy) is 1. The van der Waals surface area contributed by atoms with E-state index in [4.69, 9.17) is 4.74 Å². The molecule has 7 heteroatoms. The Hall–Kier alpha value is -2.87. The van der Waals surface area contributed by atoms with Crippen molar-refractivity contribution in [1.82, 2.24) is 4.90 Å². The maximum absolute atomic E-state index is 14.3. The van der Waals surface area contributed by atoms with Crippen LogP contribution in [0, 0.1) is 0 Å². The fourth-order valence-corrected chi connectivity index (χ4v) is 6.85. The standard InChI is InChI=1S/C27H27N3O3S/c1-18-14-33-15-19(2)28(18)17-29-24-10-6-5-9-23(24)27(26(29)32)30(25(31)16-34-27)22-12-11-20-7-3-4-8-21(20)13-22/h3-13,18-19H,14-17H2,1-2H3/t18-,19+,27-/m1/s1. The van der Waals surface area contributed by atoms with E-state index in [9.17, 15) is 9.59 Å². The Bertz CT molecular complexity index is 1290. The molecule has 3 heterocycles. The van der Waals surface area contributed by atoms with Crippen molar-refractivity contribution in [3.63, 3.8) is 0 Å². The molecule has 2 saturated heterocycles. The molecule has 2 amide bonds. The van der Waals surface area contributed by atoms with Gasteiger partial charge >= 0.3 is 0 Å². The van der Waals surface area contributed by atoms with Crippen molar-refractivity contribution < 1.29 is 14.3 Å². The van der Waals surface area contributed by atoms with Gasteiger partial charge < -0.3 is 4.74 Å². The van der Waals surface area contributed by atoms with Gasteiger partial charge in [-0.05, 0) is 42.8 Å². The SMILES string of the molecule is C[C@@H]1COC[C@H](C)N1CN1C(=O)[C@]2(SCC(=O)N2c2ccc3ccccc3c2)c2ccccc21. The first kappa shape index (κ1) is 21.6. The van der Waals surface area contributed by atoms with E-state index in [-0.39, 0.29) is 29.7 Å². The van der Waals surface area contributed by atoms with Crippen LogP contribution >= 0.6 is 11.8 Å². The number of carbonyl (C=O) groups excluding carboxylic acids is 2. The van der Waals surface area contributed by atoms with Crippen molar-refractivity contribution in [2.45, 2.75) is 30.8 Å². The Morgan fingerprint density at radius 1 is 0.941 bits per heavy atom. The van der Waals surface area contributed by atoms with Gasteiger partial charge in [0.2, 0.25) is 10.8 Å². The van der Waals surface area contributed by atoms with E-state index < -0.39 is 4.87 Å². The van der Waals surface area contributed by atoms with Crippen LogP contribution in [0.3, 0.4) is 0 Å². The molecule has 0 bridgehead atoms. The minimum atomic E-state index is -1.09. The molecule has 174 valence electrons. The van der Waals surface area contributed by atoms with Gasteiger partial charge in [-0.15, -0.1) is 11.8 Å². The molecule has 3 aliphatic rings. The molecule has 0 radical (unpaired) electrons. The summed E-state index contributed by atoms with van der Waals surface area (Å²) in [5, 5.41) is 2.15.